The van der Waals surface area contributed by atoms with Crippen LogP contribution in [0.3, 0.4) is 0 Å². The zero-order valence-electron chi connectivity index (χ0n) is 16.8. The largest absolute Gasteiger partial charge is 0.481 e. The van der Waals surface area contributed by atoms with Crippen LogP contribution in [0.15, 0.2) is 47.7 Å². The summed E-state index contributed by atoms with van der Waals surface area (Å²) in [4.78, 5) is 4.97. The molecule has 0 saturated heterocycles. The van der Waals surface area contributed by atoms with Gasteiger partial charge in [0.2, 0.25) is 11.2 Å². The first-order valence-electron chi connectivity index (χ1n) is 8.91. The summed E-state index contributed by atoms with van der Waals surface area (Å²) in [7, 11) is 1.38. The third-order valence-corrected chi connectivity index (χ3v) is 5.21. The van der Waals surface area contributed by atoms with Crippen molar-refractivity contribution in [3.05, 3.63) is 53.2 Å². The predicted molar refractivity (Wildman–Crippen MR) is 110 cm³/mol. The van der Waals surface area contributed by atoms with E-state index < -0.39 is 22.9 Å². The Hall–Kier alpha value is -3.11. The molecular weight excluding hydrogens is 435 g/mol. The fraction of sp³-hybridized carbons (Fsp3) is 0.250. The predicted octanol–water partition coefficient (Wildman–Crippen LogP) is 4.57. The summed E-state index contributed by atoms with van der Waals surface area (Å²) in [6.45, 7) is 3.14. The molecule has 1 aliphatic rings. The van der Waals surface area contributed by atoms with Crippen LogP contribution in [0.25, 0.3) is 11.1 Å². The number of hydrogen-bond acceptors (Lipinski definition) is 6. The lowest BCUT2D eigenvalue weighted by Gasteiger charge is -2.36. The highest BCUT2D eigenvalue weighted by Crippen LogP contribution is 2.43. The van der Waals surface area contributed by atoms with Gasteiger partial charge in [-0.15, -0.1) is 0 Å². The Morgan fingerprint density at radius 2 is 1.90 bits per heavy atom. The van der Waals surface area contributed by atoms with Gasteiger partial charge in [-0.05, 0) is 61.4 Å². The maximum atomic E-state index is 13.4. The molecule has 1 aliphatic heterocycles. The summed E-state index contributed by atoms with van der Waals surface area (Å²) in [5.41, 5.74) is 6.74. The van der Waals surface area contributed by atoms with Gasteiger partial charge in [0.1, 0.15) is 11.6 Å². The number of pyridine rings is 1. The zero-order chi connectivity index (χ0) is 23.1. The minimum atomic E-state index is -4.64. The molecule has 0 radical (unpaired) electrons. The van der Waals surface area contributed by atoms with Crippen LogP contribution in [0.2, 0.25) is 0 Å². The van der Waals surface area contributed by atoms with E-state index in [0.717, 1.165) is 17.0 Å². The molecular formula is C20H19ClF3N5O2. The van der Waals surface area contributed by atoms with Crippen molar-refractivity contribution in [2.75, 3.05) is 7.11 Å². The van der Waals surface area contributed by atoms with Crippen LogP contribution in [-0.2, 0) is 6.18 Å². The molecule has 4 N–H and O–H groups in total. The van der Waals surface area contributed by atoms with Gasteiger partial charge < -0.3 is 9.47 Å². The second-order valence-corrected chi connectivity index (χ2v) is 7.15. The number of alkyl halides is 3. The SMILES string of the molecule is COc1ncccc1-c1ccc(C(F)(F)F)cc1O[C@@]1(N)C(C)=C(C)C(=N)N1C(=N)Cl. The van der Waals surface area contributed by atoms with Crippen molar-refractivity contribution in [1.82, 2.24) is 9.88 Å². The Morgan fingerprint density at radius 1 is 1.23 bits per heavy atom. The lowest BCUT2D eigenvalue weighted by Crippen LogP contribution is -2.60. The van der Waals surface area contributed by atoms with E-state index in [2.05, 4.69) is 4.98 Å². The van der Waals surface area contributed by atoms with Crippen molar-refractivity contribution in [3.63, 3.8) is 0 Å². The average molecular weight is 454 g/mol. The molecule has 0 bridgehead atoms. The Labute approximate surface area is 181 Å². The molecule has 2 heterocycles. The summed E-state index contributed by atoms with van der Waals surface area (Å²) >= 11 is 5.84. The second kappa shape index (κ2) is 7.86. The minimum Gasteiger partial charge on any atom is -0.481 e. The van der Waals surface area contributed by atoms with Crippen LogP contribution in [0, 0.1) is 10.8 Å². The maximum absolute atomic E-state index is 13.4. The summed E-state index contributed by atoms with van der Waals surface area (Å²) in [5, 5.41) is 15.4. The number of benzene rings is 1. The summed E-state index contributed by atoms with van der Waals surface area (Å²) in [5.74, 6) is -2.24. The normalized spacial score (nSPS) is 19.1. The van der Waals surface area contributed by atoms with Gasteiger partial charge >= 0.3 is 6.18 Å². The molecule has 0 fully saturated rings. The number of hydrogen-bond donors (Lipinski definition) is 3. The second-order valence-electron chi connectivity index (χ2n) is 6.79. The van der Waals surface area contributed by atoms with Crippen molar-refractivity contribution < 1.29 is 22.6 Å². The molecule has 2 aromatic rings. The van der Waals surface area contributed by atoms with Gasteiger partial charge in [-0.1, -0.05) is 0 Å². The van der Waals surface area contributed by atoms with Gasteiger partial charge in [0.15, 0.2) is 0 Å². The Morgan fingerprint density at radius 3 is 2.48 bits per heavy atom. The van der Waals surface area contributed by atoms with E-state index >= 15 is 0 Å². The smallest absolute Gasteiger partial charge is 0.416 e. The molecule has 1 atom stereocenters. The number of ether oxygens (including phenoxy) is 2. The van der Waals surface area contributed by atoms with Gasteiger partial charge in [-0.25, -0.2) is 9.88 Å². The topological polar surface area (TPSA) is 108 Å². The quantitative estimate of drug-likeness (QED) is 0.272. The molecule has 0 unspecified atom stereocenters. The zero-order valence-corrected chi connectivity index (χ0v) is 17.5. The molecule has 0 saturated carbocycles. The van der Waals surface area contributed by atoms with Crippen LogP contribution in [-0.4, -0.2) is 34.0 Å². The number of aromatic nitrogens is 1. The van der Waals surface area contributed by atoms with Gasteiger partial charge in [-0.3, -0.25) is 16.6 Å². The van der Waals surface area contributed by atoms with E-state index in [4.69, 9.17) is 37.6 Å². The van der Waals surface area contributed by atoms with Crippen molar-refractivity contribution in [2.24, 2.45) is 5.73 Å². The first-order valence-corrected chi connectivity index (χ1v) is 9.29. The van der Waals surface area contributed by atoms with Crippen molar-refractivity contribution in [1.29, 1.82) is 10.8 Å². The molecule has 164 valence electrons. The van der Waals surface area contributed by atoms with Crippen LogP contribution in [0.4, 0.5) is 13.2 Å². The average Bonchev–Trinajstić information content (AvgIpc) is 2.87. The van der Waals surface area contributed by atoms with E-state index in [1.807, 2.05) is 0 Å². The highest BCUT2D eigenvalue weighted by molar-refractivity contribution is 6.65. The van der Waals surface area contributed by atoms with Crippen LogP contribution in [0.1, 0.15) is 19.4 Å². The number of amidine groups is 2. The fourth-order valence-corrected chi connectivity index (χ4v) is 3.46. The summed E-state index contributed by atoms with van der Waals surface area (Å²) in [6.07, 6.45) is -3.16. The standard InChI is InChI=1S/C20H19ClF3N5O2/c1-10-11(2)20(27,29(16(10)25)18(21)26)31-15-9-12(19(22,23)24)6-7-13(15)14-5-4-8-28-17(14)30-3/h4-9,25-26H,27H2,1-3H3/t20-/m1/s1. The van der Waals surface area contributed by atoms with E-state index in [9.17, 15) is 13.2 Å². The third-order valence-electron chi connectivity index (χ3n) is 5.04. The number of halogens is 4. The molecule has 1 aromatic heterocycles. The van der Waals surface area contributed by atoms with Crippen LogP contribution < -0.4 is 15.2 Å². The molecule has 0 aliphatic carbocycles. The first kappa shape index (κ1) is 22.6. The Bertz CT molecular complexity index is 1100. The lowest BCUT2D eigenvalue weighted by molar-refractivity contribution is -0.137. The number of methoxy groups -OCH3 is 1. The number of nitrogens with zero attached hydrogens (tertiary/aromatic N) is 2. The maximum Gasteiger partial charge on any atom is 0.416 e. The van der Waals surface area contributed by atoms with Crippen molar-refractivity contribution in [2.45, 2.75) is 25.9 Å². The van der Waals surface area contributed by atoms with Crippen molar-refractivity contribution in [3.8, 4) is 22.8 Å². The third kappa shape index (κ3) is 3.84. The van der Waals surface area contributed by atoms with Gasteiger partial charge in [0.25, 0.3) is 5.85 Å². The van der Waals surface area contributed by atoms with Crippen LogP contribution in [0.5, 0.6) is 11.6 Å². The van der Waals surface area contributed by atoms with E-state index in [1.165, 1.54) is 19.4 Å². The fourth-order valence-electron chi connectivity index (χ4n) is 3.25. The number of nitrogens with two attached hydrogens (primary N) is 1. The molecule has 31 heavy (non-hydrogen) atoms. The summed E-state index contributed by atoms with van der Waals surface area (Å²) < 4.78 is 51.4. The van der Waals surface area contributed by atoms with Gasteiger partial charge in [0.05, 0.1) is 12.7 Å². The molecule has 0 spiro atoms. The highest BCUT2D eigenvalue weighted by atomic mass is 35.5. The van der Waals surface area contributed by atoms with Crippen LogP contribution >= 0.6 is 11.6 Å². The number of nitrogens with one attached hydrogen (secondary N) is 2. The van der Waals surface area contributed by atoms with Gasteiger partial charge in [0, 0.05) is 22.9 Å². The number of rotatable bonds is 4. The minimum absolute atomic E-state index is 0.169. The molecule has 7 nitrogen and oxygen atoms in total. The van der Waals surface area contributed by atoms with Crippen molar-refractivity contribution >= 4 is 22.7 Å². The molecule has 0 amide bonds. The Balaban J connectivity index is 2.23. The van der Waals surface area contributed by atoms with E-state index in [-0.39, 0.29) is 23.0 Å². The Kier molecular flexibility index (Phi) is 5.72. The van der Waals surface area contributed by atoms with E-state index in [0.29, 0.717) is 16.7 Å². The molecule has 11 heteroatoms. The monoisotopic (exact) mass is 453 g/mol. The highest BCUT2D eigenvalue weighted by Gasteiger charge is 2.48. The molecule has 3 rings (SSSR count). The van der Waals surface area contributed by atoms with Gasteiger partial charge in [-0.2, -0.15) is 13.2 Å². The summed E-state index contributed by atoms with van der Waals surface area (Å²) in [6, 6.07) is 6.14. The van der Waals surface area contributed by atoms with E-state index in [1.54, 1.807) is 26.0 Å². The lowest BCUT2D eigenvalue weighted by atomic mass is 10.0. The first-order chi connectivity index (χ1) is 14.4. The molecule has 1 aromatic carbocycles.